The van der Waals surface area contributed by atoms with Crippen LogP contribution < -0.4 is 20.7 Å². The number of nitrogens with two attached hydrogens (primary N) is 1. The van der Waals surface area contributed by atoms with Gasteiger partial charge in [0.15, 0.2) is 6.61 Å². The highest BCUT2D eigenvalue weighted by atomic mass is 16.5. The molecule has 2 amide bonds. The Kier molecular flexibility index (Phi) is 5.73. The Balaban J connectivity index is 1.54. The second-order valence-electron chi connectivity index (χ2n) is 6.29. The van der Waals surface area contributed by atoms with Crippen molar-refractivity contribution in [2.45, 2.75) is 19.3 Å². The standard InChI is InChI=1S/C20H23N3O3/c21-20(25)17-6-2-3-7-18(17)26-14-19(24)22-15-8-10-16(11-9-15)23-12-4-1-5-13-23/h2-3,6-11H,1,4-5,12-14H2,(H2,21,25)(H,22,24). The fourth-order valence-corrected chi connectivity index (χ4v) is 3.04. The zero-order chi connectivity index (χ0) is 18.4. The van der Waals surface area contributed by atoms with Crippen LogP contribution in [-0.2, 0) is 4.79 Å². The number of ether oxygens (including phenoxy) is 1. The van der Waals surface area contributed by atoms with Crippen molar-refractivity contribution < 1.29 is 14.3 Å². The van der Waals surface area contributed by atoms with Gasteiger partial charge in [-0.1, -0.05) is 12.1 Å². The van der Waals surface area contributed by atoms with Crippen LogP contribution in [0.5, 0.6) is 5.75 Å². The molecule has 0 saturated carbocycles. The number of carbonyl (C=O) groups excluding carboxylic acids is 2. The van der Waals surface area contributed by atoms with E-state index in [1.165, 1.54) is 24.9 Å². The van der Waals surface area contributed by atoms with Crippen molar-refractivity contribution in [1.29, 1.82) is 0 Å². The summed E-state index contributed by atoms with van der Waals surface area (Å²) in [5.74, 6) is -0.583. The van der Waals surface area contributed by atoms with E-state index in [9.17, 15) is 9.59 Å². The van der Waals surface area contributed by atoms with Crippen LogP contribution in [0.3, 0.4) is 0 Å². The maximum absolute atomic E-state index is 12.1. The normalized spacial score (nSPS) is 13.9. The Bertz CT molecular complexity index is 768. The van der Waals surface area contributed by atoms with Crippen molar-refractivity contribution in [2.75, 3.05) is 29.9 Å². The average Bonchev–Trinajstić information content (AvgIpc) is 2.68. The zero-order valence-corrected chi connectivity index (χ0v) is 14.6. The van der Waals surface area contributed by atoms with E-state index in [0.717, 1.165) is 13.1 Å². The second kappa shape index (κ2) is 8.38. The van der Waals surface area contributed by atoms with Gasteiger partial charge in [0, 0.05) is 24.5 Å². The Morgan fingerprint density at radius 1 is 1.00 bits per heavy atom. The molecule has 0 aromatic heterocycles. The number of rotatable bonds is 6. The van der Waals surface area contributed by atoms with E-state index in [0.29, 0.717) is 11.4 Å². The van der Waals surface area contributed by atoms with Crippen LogP contribution >= 0.6 is 0 Å². The molecule has 0 bridgehead atoms. The van der Waals surface area contributed by atoms with E-state index < -0.39 is 5.91 Å². The van der Waals surface area contributed by atoms with Crippen LogP contribution in [0.2, 0.25) is 0 Å². The van der Waals surface area contributed by atoms with Crippen LogP contribution in [0.15, 0.2) is 48.5 Å². The Morgan fingerprint density at radius 2 is 1.69 bits per heavy atom. The number of primary amides is 1. The number of carbonyl (C=O) groups is 2. The lowest BCUT2D eigenvalue weighted by atomic mass is 10.1. The number of para-hydroxylation sites is 1. The van der Waals surface area contributed by atoms with Gasteiger partial charge in [-0.15, -0.1) is 0 Å². The molecule has 136 valence electrons. The van der Waals surface area contributed by atoms with Crippen LogP contribution in [-0.4, -0.2) is 31.5 Å². The number of nitrogens with zero attached hydrogens (tertiary/aromatic N) is 1. The summed E-state index contributed by atoms with van der Waals surface area (Å²) in [4.78, 5) is 25.8. The molecule has 3 N–H and O–H groups in total. The molecule has 1 aliphatic heterocycles. The van der Waals surface area contributed by atoms with Crippen LogP contribution in [0, 0.1) is 0 Å². The third kappa shape index (κ3) is 4.53. The molecule has 2 aromatic rings. The summed E-state index contributed by atoms with van der Waals surface area (Å²) in [6.45, 7) is 1.97. The third-order valence-corrected chi connectivity index (χ3v) is 4.38. The van der Waals surface area contributed by atoms with E-state index in [-0.39, 0.29) is 18.1 Å². The van der Waals surface area contributed by atoms with Crippen LogP contribution in [0.1, 0.15) is 29.6 Å². The van der Waals surface area contributed by atoms with Crippen LogP contribution in [0.4, 0.5) is 11.4 Å². The maximum atomic E-state index is 12.1. The van der Waals surface area contributed by atoms with Gasteiger partial charge in [-0.2, -0.15) is 0 Å². The van der Waals surface area contributed by atoms with Crippen molar-refractivity contribution in [1.82, 2.24) is 0 Å². The summed E-state index contributed by atoms with van der Waals surface area (Å²) >= 11 is 0. The summed E-state index contributed by atoms with van der Waals surface area (Å²) in [5, 5.41) is 2.79. The molecule has 0 radical (unpaired) electrons. The van der Waals surface area contributed by atoms with Crippen molar-refractivity contribution >= 4 is 23.2 Å². The van der Waals surface area contributed by atoms with E-state index in [2.05, 4.69) is 10.2 Å². The minimum Gasteiger partial charge on any atom is -0.483 e. The fourth-order valence-electron chi connectivity index (χ4n) is 3.04. The molecule has 0 aliphatic carbocycles. The Morgan fingerprint density at radius 3 is 2.38 bits per heavy atom. The second-order valence-corrected chi connectivity index (χ2v) is 6.29. The summed E-state index contributed by atoms with van der Waals surface area (Å²) in [6, 6.07) is 14.4. The Hall–Kier alpha value is -3.02. The monoisotopic (exact) mass is 353 g/mol. The predicted octanol–water partition coefficient (Wildman–Crippen LogP) is 2.79. The molecule has 3 rings (SSSR count). The van der Waals surface area contributed by atoms with Gasteiger partial charge >= 0.3 is 0 Å². The number of hydrogen-bond donors (Lipinski definition) is 2. The first-order valence-corrected chi connectivity index (χ1v) is 8.80. The molecule has 1 aliphatic rings. The van der Waals surface area contributed by atoms with Gasteiger partial charge in [0.25, 0.3) is 11.8 Å². The first-order valence-electron chi connectivity index (χ1n) is 8.80. The van der Waals surface area contributed by atoms with E-state index >= 15 is 0 Å². The molecule has 1 fully saturated rings. The van der Waals surface area contributed by atoms with E-state index in [1.54, 1.807) is 24.3 Å². The molecule has 6 nitrogen and oxygen atoms in total. The minimum atomic E-state index is -0.589. The number of nitrogens with one attached hydrogen (secondary N) is 1. The van der Waals surface area contributed by atoms with Crippen molar-refractivity contribution in [3.8, 4) is 5.75 Å². The highest BCUT2D eigenvalue weighted by Crippen LogP contribution is 2.22. The number of amides is 2. The van der Waals surface area contributed by atoms with Crippen LogP contribution in [0.25, 0.3) is 0 Å². The topological polar surface area (TPSA) is 84.7 Å². The minimum absolute atomic E-state index is 0.196. The van der Waals surface area contributed by atoms with Gasteiger partial charge in [-0.05, 0) is 55.7 Å². The summed E-state index contributed by atoms with van der Waals surface area (Å²) in [6.07, 6.45) is 3.74. The SMILES string of the molecule is NC(=O)c1ccccc1OCC(=O)Nc1ccc(N2CCCCC2)cc1. The van der Waals surface area contributed by atoms with Gasteiger partial charge in [0.05, 0.1) is 5.56 Å². The quantitative estimate of drug-likeness (QED) is 0.836. The van der Waals surface area contributed by atoms with Crippen molar-refractivity contribution in [2.24, 2.45) is 5.73 Å². The smallest absolute Gasteiger partial charge is 0.262 e. The molecule has 6 heteroatoms. The molecule has 1 saturated heterocycles. The summed E-state index contributed by atoms with van der Waals surface area (Å²) in [7, 11) is 0. The number of piperidine rings is 1. The number of anilines is 2. The lowest BCUT2D eigenvalue weighted by molar-refractivity contribution is -0.118. The third-order valence-electron chi connectivity index (χ3n) is 4.38. The van der Waals surface area contributed by atoms with E-state index in [1.807, 2.05) is 24.3 Å². The average molecular weight is 353 g/mol. The largest absolute Gasteiger partial charge is 0.483 e. The first-order chi connectivity index (χ1) is 12.6. The van der Waals surface area contributed by atoms with Crippen molar-refractivity contribution in [3.63, 3.8) is 0 Å². The molecule has 26 heavy (non-hydrogen) atoms. The molecule has 2 aromatic carbocycles. The zero-order valence-electron chi connectivity index (χ0n) is 14.6. The molecule has 0 spiro atoms. The van der Waals surface area contributed by atoms with Gasteiger partial charge < -0.3 is 20.7 Å². The lowest BCUT2D eigenvalue weighted by Crippen LogP contribution is -2.29. The highest BCUT2D eigenvalue weighted by Gasteiger charge is 2.12. The molecule has 0 atom stereocenters. The van der Waals surface area contributed by atoms with Gasteiger partial charge in [0.2, 0.25) is 0 Å². The number of hydrogen-bond acceptors (Lipinski definition) is 4. The van der Waals surface area contributed by atoms with Crippen molar-refractivity contribution in [3.05, 3.63) is 54.1 Å². The molecule has 1 heterocycles. The highest BCUT2D eigenvalue weighted by molar-refractivity contribution is 5.96. The maximum Gasteiger partial charge on any atom is 0.262 e. The molecular formula is C20H23N3O3. The van der Waals surface area contributed by atoms with Gasteiger partial charge in [-0.3, -0.25) is 9.59 Å². The van der Waals surface area contributed by atoms with Gasteiger partial charge in [0.1, 0.15) is 5.75 Å². The predicted molar refractivity (Wildman–Crippen MR) is 102 cm³/mol. The summed E-state index contributed by atoms with van der Waals surface area (Å²) in [5.41, 5.74) is 7.44. The Labute approximate surface area is 152 Å². The molecule has 0 unspecified atom stereocenters. The summed E-state index contributed by atoms with van der Waals surface area (Å²) < 4.78 is 5.43. The van der Waals surface area contributed by atoms with E-state index in [4.69, 9.17) is 10.5 Å². The molecular weight excluding hydrogens is 330 g/mol. The van der Waals surface area contributed by atoms with Gasteiger partial charge in [-0.25, -0.2) is 0 Å². The first kappa shape index (κ1) is 17.8. The fraction of sp³-hybridized carbons (Fsp3) is 0.300. The number of benzene rings is 2. The lowest BCUT2D eigenvalue weighted by Gasteiger charge is -2.28.